The third kappa shape index (κ3) is 6.07. The lowest BCUT2D eigenvalue weighted by atomic mass is 10.0. The Morgan fingerprint density at radius 1 is 1.16 bits per heavy atom. The van der Waals surface area contributed by atoms with Crippen LogP contribution in [0, 0.1) is 0 Å². The number of aromatic nitrogens is 4. The fraction of sp³-hybridized carbons (Fsp3) is 0.560. The molecule has 1 aromatic carbocycles. The summed E-state index contributed by atoms with van der Waals surface area (Å²) in [5.74, 6) is 1.07. The van der Waals surface area contributed by atoms with E-state index in [0.717, 1.165) is 55.7 Å². The summed E-state index contributed by atoms with van der Waals surface area (Å²) < 4.78 is 1.73. The summed E-state index contributed by atoms with van der Waals surface area (Å²) in [7, 11) is 0. The lowest BCUT2D eigenvalue weighted by Gasteiger charge is -2.37. The Hall–Kier alpha value is -2.70. The Morgan fingerprint density at radius 2 is 1.97 bits per heavy atom. The van der Waals surface area contributed by atoms with Gasteiger partial charge in [-0.1, -0.05) is 11.6 Å². The maximum absolute atomic E-state index is 10.1. The largest absolute Gasteiger partial charge is 0.389 e. The molecule has 0 unspecified atom stereocenters. The number of rotatable bonds is 10. The van der Waals surface area contributed by atoms with Gasteiger partial charge >= 0.3 is 0 Å². The van der Waals surface area contributed by atoms with Crippen LogP contribution in [-0.4, -0.2) is 62.0 Å². The van der Waals surface area contributed by atoms with E-state index >= 15 is 0 Å². The van der Waals surface area contributed by atoms with E-state index in [0.29, 0.717) is 53.8 Å². The number of halogens is 1. The lowest BCUT2D eigenvalue weighted by molar-refractivity contribution is 0.0757. The molecule has 12 heteroatoms. The second-order valence-corrected chi connectivity index (χ2v) is 11.1. The van der Waals surface area contributed by atoms with Crippen molar-refractivity contribution in [3.63, 3.8) is 0 Å². The van der Waals surface area contributed by atoms with Crippen LogP contribution in [0.15, 0.2) is 18.3 Å². The van der Waals surface area contributed by atoms with Crippen LogP contribution in [0.3, 0.4) is 0 Å². The van der Waals surface area contributed by atoms with E-state index in [1.807, 2.05) is 19.9 Å². The molecule has 1 aliphatic carbocycles. The van der Waals surface area contributed by atoms with Crippen LogP contribution in [0.4, 0.5) is 23.1 Å². The Labute approximate surface area is 222 Å². The van der Waals surface area contributed by atoms with Gasteiger partial charge in [0.1, 0.15) is 0 Å². The first kappa shape index (κ1) is 25.9. The van der Waals surface area contributed by atoms with Crippen molar-refractivity contribution in [3.05, 3.63) is 34.6 Å². The van der Waals surface area contributed by atoms with Crippen LogP contribution < -0.4 is 32.3 Å². The second kappa shape index (κ2) is 10.6. The van der Waals surface area contributed by atoms with Gasteiger partial charge in [-0.25, -0.2) is 9.50 Å². The molecule has 0 bridgehead atoms. The van der Waals surface area contributed by atoms with Crippen molar-refractivity contribution in [1.29, 1.82) is 0 Å². The van der Waals surface area contributed by atoms with Crippen LogP contribution in [0.25, 0.3) is 5.65 Å². The number of nitrogens with one attached hydrogen (secondary N) is 3. The first-order valence-corrected chi connectivity index (χ1v) is 13.3. The molecule has 37 heavy (non-hydrogen) atoms. The maximum atomic E-state index is 10.1. The van der Waals surface area contributed by atoms with Crippen molar-refractivity contribution >= 4 is 40.4 Å². The van der Waals surface area contributed by atoms with Crippen LogP contribution in [0.1, 0.15) is 50.8 Å². The zero-order valence-electron chi connectivity index (χ0n) is 21.5. The number of nitrogens with two attached hydrogens (primary N) is 2. The highest BCUT2D eigenvalue weighted by molar-refractivity contribution is 6.36. The molecular weight excluding hydrogens is 492 g/mol. The van der Waals surface area contributed by atoms with E-state index in [-0.39, 0.29) is 6.04 Å². The fourth-order valence-electron chi connectivity index (χ4n) is 4.62. The molecule has 1 saturated carbocycles. The van der Waals surface area contributed by atoms with Crippen molar-refractivity contribution in [2.45, 2.75) is 70.3 Å². The van der Waals surface area contributed by atoms with Gasteiger partial charge in [-0.15, -0.1) is 5.10 Å². The van der Waals surface area contributed by atoms with Gasteiger partial charge in [0.25, 0.3) is 0 Å². The van der Waals surface area contributed by atoms with Gasteiger partial charge in [-0.3, -0.25) is 0 Å². The van der Waals surface area contributed by atoms with E-state index in [1.165, 1.54) is 0 Å². The number of hydrogen-bond acceptors (Lipinski definition) is 10. The fourth-order valence-corrected chi connectivity index (χ4v) is 4.90. The van der Waals surface area contributed by atoms with Gasteiger partial charge in [0.05, 0.1) is 33.9 Å². The number of nitrogens with zero attached hydrogens (tertiary/aromatic N) is 5. The summed E-state index contributed by atoms with van der Waals surface area (Å²) in [6.07, 6.45) is 6.01. The zero-order chi connectivity index (χ0) is 26.2. The molecule has 200 valence electrons. The van der Waals surface area contributed by atoms with Crippen molar-refractivity contribution < 1.29 is 5.11 Å². The minimum atomic E-state index is -0.760. The van der Waals surface area contributed by atoms with E-state index < -0.39 is 5.60 Å². The van der Waals surface area contributed by atoms with Gasteiger partial charge in [-0.2, -0.15) is 4.98 Å². The molecule has 1 atom stereocenters. The van der Waals surface area contributed by atoms with Gasteiger partial charge in [-0.05, 0) is 57.2 Å². The topological polar surface area (TPSA) is 155 Å². The van der Waals surface area contributed by atoms with Crippen LogP contribution in [0.2, 0.25) is 5.02 Å². The molecule has 2 aliphatic rings. The molecule has 0 amide bonds. The Balaban J connectivity index is 1.44. The highest BCUT2D eigenvalue weighted by atomic mass is 35.5. The molecule has 8 N–H and O–H groups in total. The summed E-state index contributed by atoms with van der Waals surface area (Å²) in [6, 6.07) is 4.65. The number of fused-ring (bicyclic) bond motifs is 1. The average molecular weight is 529 g/mol. The molecule has 3 heterocycles. The van der Waals surface area contributed by atoms with Gasteiger partial charge in [0.2, 0.25) is 5.95 Å². The number of benzene rings is 1. The summed E-state index contributed by atoms with van der Waals surface area (Å²) in [6.45, 7) is 6.52. The molecule has 1 saturated heterocycles. The van der Waals surface area contributed by atoms with Gasteiger partial charge in [0, 0.05) is 44.8 Å². The SMILES string of the molecule is CC(C)(O)CN[C@@H]1CCCN(c2cc(CN)cc(Nc3nc(NC4CC4)c4ncc(CN)n4n3)c2Cl)C1. The highest BCUT2D eigenvalue weighted by Gasteiger charge is 2.26. The lowest BCUT2D eigenvalue weighted by Crippen LogP contribution is -2.49. The number of piperidine rings is 1. The predicted octanol–water partition coefficient (Wildman–Crippen LogP) is 2.34. The Bertz CT molecular complexity index is 1250. The monoisotopic (exact) mass is 528 g/mol. The predicted molar refractivity (Wildman–Crippen MR) is 147 cm³/mol. The number of hydrogen-bond donors (Lipinski definition) is 6. The van der Waals surface area contributed by atoms with E-state index in [2.05, 4.69) is 37.0 Å². The highest BCUT2D eigenvalue weighted by Crippen LogP contribution is 2.37. The Morgan fingerprint density at radius 3 is 2.68 bits per heavy atom. The van der Waals surface area contributed by atoms with Crippen LogP contribution >= 0.6 is 11.6 Å². The number of imidazole rings is 1. The molecule has 1 aliphatic heterocycles. The van der Waals surface area contributed by atoms with Crippen molar-refractivity contribution in [2.75, 3.05) is 35.2 Å². The molecule has 0 radical (unpaired) electrons. The summed E-state index contributed by atoms with van der Waals surface area (Å²) in [5, 5.41) is 25.7. The summed E-state index contributed by atoms with van der Waals surface area (Å²) >= 11 is 6.99. The third-order valence-electron chi connectivity index (χ3n) is 6.74. The van der Waals surface area contributed by atoms with E-state index in [9.17, 15) is 5.11 Å². The molecule has 11 nitrogen and oxygen atoms in total. The molecule has 2 fully saturated rings. The van der Waals surface area contributed by atoms with Gasteiger partial charge in [0.15, 0.2) is 11.5 Å². The second-order valence-electron chi connectivity index (χ2n) is 10.7. The molecule has 3 aromatic rings. The van der Waals surface area contributed by atoms with Crippen molar-refractivity contribution in [3.8, 4) is 0 Å². The van der Waals surface area contributed by atoms with Crippen LogP contribution in [0.5, 0.6) is 0 Å². The quantitative estimate of drug-likeness (QED) is 0.231. The maximum Gasteiger partial charge on any atom is 0.247 e. The smallest absolute Gasteiger partial charge is 0.247 e. The summed E-state index contributed by atoms with van der Waals surface area (Å²) in [5.41, 5.74) is 15.2. The van der Waals surface area contributed by atoms with Crippen molar-refractivity contribution in [2.24, 2.45) is 11.5 Å². The van der Waals surface area contributed by atoms with E-state index in [1.54, 1.807) is 10.7 Å². The summed E-state index contributed by atoms with van der Waals surface area (Å²) in [4.78, 5) is 11.5. The molecule has 0 spiro atoms. The van der Waals surface area contributed by atoms with Crippen molar-refractivity contribution in [1.82, 2.24) is 24.9 Å². The number of aliphatic hydroxyl groups is 1. The molecular formula is C25H37ClN10O. The normalized spacial score (nSPS) is 18.4. The molecule has 2 aromatic heterocycles. The molecule has 5 rings (SSSR count). The standard InChI is InChI=1S/C25H37ClN10O/c1-25(2,37)14-30-17-4-3-7-35(13-17)20-9-15(10-27)8-19(21(20)26)32-24-33-22(31-16-5-6-16)23-29-12-18(11-28)36(23)34-24/h8-9,12,16-17,30,37H,3-7,10-11,13-14,27-28H2,1-2H3,(H2,31,32,33,34)/t17-/m1/s1. The minimum absolute atomic E-state index is 0.256. The zero-order valence-corrected chi connectivity index (χ0v) is 22.2. The Kier molecular flexibility index (Phi) is 7.42. The third-order valence-corrected chi connectivity index (χ3v) is 7.14. The average Bonchev–Trinajstić information content (AvgIpc) is 3.59. The van der Waals surface area contributed by atoms with Crippen LogP contribution in [-0.2, 0) is 13.1 Å². The minimum Gasteiger partial charge on any atom is -0.389 e. The van der Waals surface area contributed by atoms with Gasteiger partial charge < -0.3 is 37.4 Å². The van der Waals surface area contributed by atoms with E-state index in [4.69, 9.17) is 28.1 Å². The number of anilines is 4. The first-order valence-electron chi connectivity index (χ1n) is 13.0. The first-order chi connectivity index (χ1) is 17.7.